The van der Waals surface area contributed by atoms with Crippen molar-refractivity contribution in [2.24, 2.45) is 0 Å². The van der Waals surface area contributed by atoms with Crippen molar-refractivity contribution in [3.63, 3.8) is 0 Å². The van der Waals surface area contributed by atoms with Crippen LogP contribution in [0.1, 0.15) is 55.3 Å². The molecule has 0 aliphatic heterocycles. The van der Waals surface area contributed by atoms with Gasteiger partial charge in [-0.05, 0) is 62.4 Å². The van der Waals surface area contributed by atoms with Crippen LogP contribution in [0, 0.1) is 13.8 Å². The zero-order valence-corrected chi connectivity index (χ0v) is 24.0. The molecule has 0 aliphatic rings. The number of esters is 1. The number of aryl methyl sites for hydroxylation is 2. The van der Waals surface area contributed by atoms with Gasteiger partial charge < -0.3 is 14.8 Å². The lowest BCUT2D eigenvalue weighted by molar-refractivity contribution is -0.144. The van der Waals surface area contributed by atoms with Crippen LogP contribution in [-0.4, -0.2) is 45.9 Å². The highest BCUT2D eigenvalue weighted by Gasteiger charge is 2.27. The first-order valence-corrected chi connectivity index (χ1v) is 14.7. The Labute approximate surface area is 232 Å². The number of benzene rings is 2. The normalized spacial score (nSPS) is 12.7. The first-order valence-electron chi connectivity index (χ1n) is 12.9. The average molecular weight is 558 g/mol. The van der Waals surface area contributed by atoms with E-state index in [-0.39, 0.29) is 19.4 Å². The molecule has 0 radical (unpaired) electrons. The number of ether oxygens (including phenoxy) is 2. The summed E-state index contributed by atoms with van der Waals surface area (Å²) in [4.78, 5) is 25.6. The second-order valence-corrected chi connectivity index (χ2v) is 10.8. The Kier molecular flexibility index (Phi) is 12.4. The van der Waals surface area contributed by atoms with E-state index in [2.05, 4.69) is 18.5 Å². The lowest BCUT2D eigenvalue weighted by Gasteiger charge is -2.23. The summed E-state index contributed by atoms with van der Waals surface area (Å²) in [5, 5.41) is 2.80. The summed E-state index contributed by atoms with van der Waals surface area (Å²) in [6, 6.07) is 10.8. The van der Waals surface area contributed by atoms with Crippen LogP contribution in [0.15, 0.2) is 61.7 Å². The van der Waals surface area contributed by atoms with Gasteiger partial charge in [0.1, 0.15) is 5.75 Å². The number of amides is 1. The average Bonchev–Trinajstić information content (AvgIpc) is 2.85. The quantitative estimate of drug-likeness (QED) is 0.128. The molecule has 2 rings (SSSR count). The molecule has 2 aromatic rings. The molecule has 0 saturated heterocycles. The van der Waals surface area contributed by atoms with Crippen LogP contribution < -0.4 is 10.1 Å². The van der Waals surface area contributed by atoms with Gasteiger partial charge in [-0.3, -0.25) is 13.8 Å². The largest absolute Gasteiger partial charge is 0.493 e. The monoisotopic (exact) mass is 557 g/mol. The second kappa shape index (κ2) is 15.2. The van der Waals surface area contributed by atoms with Crippen LogP contribution in [0.25, 0.3) is 11.1 Å². The van der Waals surface area contributed by atoms with E-state index < -0.39 is 34.1 Å². The molecule has 0 bridgehead atoms. The fourth-order valence-electron chi connectivity index (χ4n) is 4.15. The van der Waals surface area contributed by atoms with E-state index in [0.717, 1.165) is 47.1 Å². The van der Waals surface area contributed by atoms with Crippen LogP contribution in [0.2, 0.25) is 0 Å². The Bertz CT molecular complexity index is 1270. The predicted octanol–water partition coefficient (Wildman–Crippen LogP) is 5.35. The minimum atomic E-state index is -3.91. The third-order valence-electron chi connectivity index (χ3n) is 5.79. The summed E-state index contributed by atoms with van der Waals surface area (Å²) in [6.45, 7) is 13.7. The van der Waals surface area contributed by atoms with Crippen molar-refractivity contribution in [3.8, 4) is 16.9 Å². The van der Waals surface area contributed by atoms with Gasteiger partial charge in [-0.1, -0.05) is 42.0 Å². The Morgan fingerprint density at radius 2 is 1.85 bits per heavy atom. The molecule has 1 amide bonds. The molecule has 2 aromatic carbocycles. The Hall–Kier alpha value is -3.43. The van der Waals surface area contributed by atoms with Gasteiger partial charge in [0, 0.05) is 12.0 Å². The van der Waals surface area contributed by atoms with Crippen LogP contribution in [0.4, 0.5) is 0 Å². The molecular formula is C30H39NO7S. The zero-order valence-electron chi connectivity index (χ0n) is 23.2. The van der Waals surface area contributed by atoms with Gasteiger partial charge >= 0.3 is 5.97 Å². The van der Waals surface area contributed by atoms with Crippen LogP contribution >= 0.6 is 0 Å². The molecule has 0 unspecified atom stereocenters. The number of allylic oxidation sites excluding steroid dienone is 1. The van der Waals surface area contributed by atoms with Crippen molar-refractivity contribution in [3.05, 3.63) is 78.4 Å². The lowest BCUT2D eigenvalue weighted by atomic mass is 9.92. The standard InChI is InChI=1S/C30H39NO7S/c1-7-10-11-16-37-26-15-12-14-22(5)29(26)24-18-21(4)17-23(19-24)25(20-28(32)36-9-3)31-30(33)27(13-8-2)38-39(6,34)35/h7-8,12,14-15,17-19,25,27H,1-2,9-11,13,16,20H2,3-6H3,(H,31,33)/t25-,27+/m0/s1. The molecule has 0 heterocycles. The summed E-state index contributed by atoms with van der Waals surface area (Å²) >= 11 is 0. The maximum absolute atomic E-state index is 13.1. The predicted molar refractivity (Wildman–Crippen MR) is 153 cm³/mol. The zero-order chi connectivity index (χ0) is 29.0. The number of carbonyl (C=O) groups is 2. The third kappa shape index (κ3) is 10.3. The molecule has 39 heavy (non-hydrogen) atoms. The molecule has 0 aliphatic carbocycles. The number of nitrogens with one attached hydrogen (secondary N) is 1. The van der Waals surface area contributed by atoms with Crippen molar-refractivity contribution < 1.29 is 31.7 Å². The highest BCUT2D eigenvalue weighted by molar-refractivity contribution is 7.86. The molecule has 0 spiro atoms. The topological polar surface area (TPSA) is 108 Å². The minimum absolute atomic E-state index is 0.0279. The van der Waals surface area contributed by atoms with E-state index in [0.29, 0.717) is 12.2 Å². The summed E-state index contributed by atoms with van der Waals surface area (Å²) < 4.78 is 39.7. The smallest absolute Gasteiger partial charge is 0.308 e. The van der Waals surface area contributed by atoms with Crippen molar-refractivity contribution in [2.45, 2.75) is 58.6 Å². The third-order valence-corrected chi connectivity index (χ3v) is 6.37. The van der Waals surface area contributed by atoms with Gasteiger partial charge in [-0.25, -0.2) is 0 Å². The maximum Gasteiger partial charge on any atom is 0.308 e. The fraction of sp³-hybridized carbons (Fsp3) is 0.400. The number of hydrogen-bond acceptors (Lipinski definition) is 7. The number of rotatable bonds is 16. The fourth-order valence-corrected chi connectivity index (χ4v) is 4.74. The SMILES string of the molecule is C=CCCCOc1cccc(C)c1-c1cc(C)cc([C@H](CC(=O)OCC)NC(=O)[C@@H](CC=C)OS(C)(=O)=O)c1. The molecule has 0 fully saturated rings. The van der Waals surface area contributed by atoms with Crippen LogP contribution in [0.3, 0.4) is 0 Å². The van der Waals surface area contributed by atoms with E-state index in [4.69, 9.17) is 13.7 Å². The second-order valence-electron chi connectivity index (χ2n) is 9.24. The van der Waals surface area contributed by atoms with Gasteiger partial charge in [0.2, 0.25) is 0 Å². The maximum atomic E-state index is 13.1. The van der Waals surface area contributed by atoms with Crippen molar-refractivity contribution in [1.29, 1.82) is 0 Å². The van der Waals surface area contributed by atoms with Gasteiger partial charge in [-0.2, -0.15) is 8.42 Å². The van der Waals surface area contributed by atoms with Crippen LogP contribution in [-0.2, 0) is 28.6 Å². The molecule has 9 heteroatoms. The lowest BCUT2D eigenvalue weighted by Crippen LogP contribution is -2.40. The molecular weight excluding hydrogens is 518 g/mol. The van der Waals surface area contributed by atoms with E-state index in [1.54, 1.807) is 6.92 Å². The number of hydrogen-bond donors (Lipinski definition) is 1. The molecule has 8 nitrogen and oxygen atoms in total. The minimum Gasteiger partial charge on any atom is -0.493 e. The Balaban J connectivity index is 2.51. The van der Waals surface area contributed by atoms with E-state index in [1.807, 2.05) is 56.3 Å². The molecule has 2 atom stereocenters. The summed E-state index contributed by atoms with van der Waals surface area (Å²) in [5.74, 6) is -0.453. The highest BCUT2D eigenvalue weighted by atomic mass is 32.2. The summed E-state index contributed by atoms with van der Waals surface area (Å²) in [6.07, 6.45) is 4.31. The molecule has 0 saturated carbocycles. The van der Waals surface area contributed by atoms with Crippen LogP contribution in [0.5, 0.6) is 5.75 Å². The summed E-state index contributed by atoms with van der Waals surface area (Å²) in [5.41, 5.74) is 4.34. The van der Waals surface area contributed by atoms with Gasteiger partial charge in [0.25, 0.3) is 16.0 Å². The van der Waals surface area contributed by atoms with Crippen molar-refractivity contribution >= 4 is 22.0 Å². The van der Waals surface area contributed by atoms with Gasteiger partial charge in [-0.15, -0.1) is 13.2 Å². The first-order chi connectivity index (χ1) is 18.5. The number of unbranched alkanes of at least 4 members (excludes halogenated alkanes) is 1. The van der Waals surface area contributed by atoms with Crippen molar-refractivity contribution in [1.82, 2.24) is 5.32 Å². The van der Waals surface area contributed by atoms with E-state index >= 15 is 0 Å². The Morgan fingerprint density at radius 1 is 1.10 bits per heavy atom. The molecule has 1 N–H and O–H groups in total. The van der Waals surface area contributed by atoms with E-state index in [1.165, 1.54) is 6.08 Å². The van der Waals surface area contributed by atoms with Gasteiger partial charge in [0.15, 0.2) is 6.10 Å². The molecule has 212 valence electrons. The number of carbonyl (C=O) groups excluding carboxylic acids is 2. The van der Waals surface area contributed by atoms with Gasteiger partial charge in [0.05, 0.1) is 31.9 Å². The summed E-state index contributed by atoms with van der Waals surface area (Å²) in [7, 11) is -3.91. The Morgan fingerprint density at radius 3 is 2.49 bits per heavy atom. The molecule has 0 aromatic heterocycles. The van der Waals surface area contributed by atoms with Crippen molar-refractivity contribution in [2.75, 3.05) is 19.5 Å². The highest BCUT2D eigenvalue weighted by Crippen LogP contribution is 2.36. The van der Waals surface area contributed by atoms with E-state index in [9.17, 15) is 18.0 Å². The first kappa shape index (κ1) is 31.8.